The molecule has 0 unspecified atom stereocenters. The maximum Gasteiger partial charge on any atom is 0.253 e. The van der Waals surface area contributed by atoms with Gasteiger partial charge in [-0.25, -0.2) is 4.98 Å². The molecule has 1 aromatic rings. The van der Waals surface area contributed by atoms with E-state index in [2.05, 4.69) is 10.3 Å². The van der Waals surface area contributed by atoms with E-state index in [-0.39, 0.29) is 18.1 Å². The van der Waals surface area contributed by atoms with Crippen molar-refractivity contribution in [1.82, 2.24) is 10.3 Å². The van der Waals surface area contributed by atoms with E-state index in [1.165, 1.54) is 19.0 Å². The van der Waals surface area contributed by atoms with Crippen molar-refractivity contribution in [3.63, 3.8) is 0 Å². The lowest BCUT2D eigenvalue weighted by molar-refractivity contribution is 0.0238. The fourth-order valence-electron chi connectivity index (χ4n) is 2.93. The van der Waals surface area contributed by atoms with E-state index >= 15 is 0 Å². The Morgan fingerprint density at radius 1 is 1.27 bits per heavy atom. The fourth-order valence-corrected chi connectivity index (χ4v) is 3.14. The van der Waals surface area contributed by atoms with E-state index in [1.54, 1.807) is 6.07 Å². The predicted molar refractivity (Wildman–Crippen MR) is 83.4 cm³/mol. The van der Waals surface area contributed by atoms with E-state index in [9.17, 15) is 4.79 Å². The highest BCUT2D eigenvalue weighted by Crippen LogP contribution is 2.26. The topological polar surface area (TPSA) is 60.5 Å². The molecule has 1 aliphatic heterocycles. The molecule has 0 atom stereocenters. The molecule has 1 saturated carbocycles. The lowest BCUT2D eigenvalue weighted by atomic mass is 10.1. The van der Waals surface area contributed by atoms with Crippen LogP contribution in [0.15, 0.2) is 12.3 Å². The highest BCUT2D eigenvalue weighted by atomic mass is 35.5. The van der Waals surface area contributed by atoms with Gasteiger partial charge in [0.25, 0.3) is 5.91 Å². The van der Waals surface area contributed by atoms with E-state index in [0.717, 1.165) is 25.7 Å². The Morgan fingerprint density at radius 2 is 2.00 bits per heavy atom. The predicted octanol–water partition coefficient (Wildman–Crippen LogP) is 2.97. The zero-order valence-corrected chi connectivity index (χ0v) is 13.3. The minimum Gasteiger partial charge on any atom is -0.473 e. The van der Waals surface area contributed by atoms with Crippen LogP contribution >= 0.6 is 11.6 Å². The Hall–Kier alpha value is -1.33. The summed E-state index contributed by atoms with van der Waals surface area (Å²) in [5.41, 5.74) is 0.483. The van der Waals surface area contributed by atoms with Gasteiger partial charge in [-0.3, -0.25) is 4.79 Å². The van der Waals surface area contributed by atoms with Crippen LogP contribution in [0.3, 0.4) is 0 Å². The number of pyridine rings is 1. The maximum absolute atomic E-state index is 12.2. The zero-order chi connectivity index (χ0) is 15.4. The molecule has 0 spiro atoms. The Balaban J connectivity index is 1.61. The molecular weight excluding hydrogens is 304 g/mol. The number of rotatable bonds is 4. The summed E-state index contributed by atoms with van der Waals surface area (Å²) < 4.78 is 11.1. The minimum atomic E-state index is -0.112. The van der Waals surface area contributed by atoms with Gasteiger partial charge in [0.1, 0.15) is 11.1 Å². The second-order valence-corrected chi connectivity index (χ2v) is 6.30. The number of hydrogen-bond acceptors (Lipinski definition) is 4. The first kappa shape index (κ1) is 15.6. The molecule has 22 heavy (non-hydrogen) atoms. The third-order valence-electron chi connectivity index (χ3n) is 4.21. The molecule has 1 amide bonds. The summed E-state index contributed by atoms with van der Waals surface area (Å²) in [4.78, 5) is 16.4. The van der Waals surface area contributed by atoms with Crippen molar-refractivity contribution in [2.75, 3.05) is 13.2 Å². The number of ether oxygens (including phenoxy) is 2. The Labute approximate surface area is 135 Å². The summed E-state index contributed by atoms with van der Waals surface area (Å²) in [6.07, 6.45) is 7.76. The molecule has 0 aromatic carbocycles. The van der Waals surface area contributed by atoms with Gasteiger partial charge in [-0.15, -0.1) is 0 Å². The second kappa shape index (κ2) is 7.29. The number of nitrogens with one attached hydrogen (secondary N) is 1. The monoisotopic (exact) mass is 324 g/mol. The third-order valence-corrected chi connectivity index (χ3v) is 4.48. The molecule has 2 heterocycles. The van der Waals surface area contributed by atoms with Gasteiger partial charge >= 0.3 is 0 Å². The minimum absolute atomic E-state index is 0.0805. The molecule has 1 N–H and O–H groups in total. The number of aromatic nitrogens is 1. The first-order valence-corrected chi connectivity index (χ1v) is 8.31. The molecular formula is C16H21ClN2O3. The van der Waals surface area contributed by atoms with Gasteiger partial charge in [0.05, 0.1) is 18.8 Å². The Bertz CT molecular complexity index is 526. The molecule has 5 nitrogen and oxygen atoms in total. The molecule has 6 heteroatoms. The number of amides is 1. The Morgan fingerprint density at radius 3 is 2.68 bits per heavy atom. The lowest BCUT2D eigenvalue weighted by Gasteiger charge is -2.23. The van der Waals surface area contributed by atoms with Crippen LogP contribution < -0.4 is 10.1 Å². The van der Waals surface area contributed by atoms with Crippen LogP contribution in [-0.2, 0) is 4.74 Å². The molecule has 1 saturated heterocycles. The average molecular weight is 325 g/mol. The van der Waals surface area contributed by atoms with Crippen LogP contribution in [0.1, 0.15) is 48.9 Å². The summed E-state index contributed by atoms with van der Waals surface area (Å²) >= 11 is 6.21. The fraction of sp³-hybridized carbons (Fsp3) is 0.625. The van der Waals surface area contributed by atoms with Crippen LogP contribution in [-0.4, -0.2) is 36.3 Å². The summed E-state index contributed by atoms with van der Waals surface area (Å²) in [5, 5.41) is 3.41. The van der Waals surface area contributed by atoms with Crippen LogP contribution in [0.2, 0.25) is 5.02 Å². The largest absolute Gasteiger partial charge is 0.473 e. The first-order valence-electron chi connectivity index (χ1n) is 7.93. The van der Waals surface area contributed by atoms with Crippen molar-refractivity contribution in [2.45, 2.75) is 50.7 Å². The summed E-state index contributed by atoms with van der Waals surface area (Å²) in [5.74, 6) is 0.282. The van der Waals surface area contributed by atoms with Crippen molar-refractivity contribution in [1.29, 1.82) is 0 Å². The van der Waals surface area contributed by atoms with Gasteiger partial charge < -0.3 is 14.8 Å². The lowest BCUT2D eigenvalue weighted by Crippen LogP contribution is -2.32. The maximum atomic E-state index is 12.2. The van der Waals surface area contributed by atoms with Crippen molar-refractivity contribution < 1.29 is 14.3 Å². The molecule has 3 rings (SSSR count). The molecule has 1 aromatic heterocycles. The molecule has 2 aliphatic rings. The number of nitrogens with zero attached hydrogens (tertiary/aromatic N) is 1. The van der Waals surface area contributed by atoms with Gasteiger partial charge in [0, 0.05) is 25.1 Å². The summed E-state index contributed by atoms with van der Waals surface area (Å²) in [6.45, 7) is 1.40. The zero-order valence-electron chi connectivity index (χ0n) is 12.5. The van der Waals surface area contributed by atoms with E-state index < -0.39 is 0 Å². The second-order valence-electron chi connectivity index (χ2n) is 5.90. The van der Waals surface area contributed by atoms with Crippen LogP contribution in [0.5, 0.6) is 5.88 Å². The number of carbonyl (C=O) groups is 1. The average Bonchev–Trinajstić information content (AvgIpc) is 3.03. The Kier molecular flexibility index (Phi) is 5.16. The van der Waals surface area contributed by atoms with Crippen LogP contribution in [0.4, 0.5) is 0 Å². The molecule has 0 bridgehead atoms. The SMILES string of the molecule is O=C(NC1CCCC1)c1cnc(OC2CCOCC2)c(Cl)c1. The standard InChI is InChI=1S/C16H21ClN2O3/c17-14-9-11(15(20)19-12-3-1-2-4-12)10-18-16(14)22-13-5-7-21-8-6-13/h9-10,12-13H,1-8H2,(H,19,20). The van der Waals surface area contributed by atoms with E-state index in [1.807, 2.05) is 0 Å². The van der Waals surface area contributed by atoms with Crippen molar-refractivity contribution in [3.8, 4) is 5.88 Å². The normalized spacial score (nSPS) is 20.0. The van der Waals surface area contributed by atoms with Gasteiger partial charge in [0.15, 0.2) is 0 Å². The van der Waals surface area contributed by atoms with Gasteiger partial charge in [-0.1, -0.05) is 24.4 Å². The van der Waals surface area contributed by atoms with Crippen LogP contribution in [0.25, 0.3) is 0 Å². The highest BCUT2D eigenvalue weighted by molar-refractivity contribution is 6.32. The third kappa shape index (κ3) is 3.90. The smallest absolute Gasteiger partial charge is 0.253 e. The van der Waals surface area contributed by atoms with Crippen LogP contribution in [0, 0.1) is 0 Å². The first-order chi connectivity index (χ1) is 10.7. The molecule has 120 valence electrons. The van der Waals surface area contributed by atoms with Crippen molar-refractivity contribution >= 4 is 17.5 Å². The summed E-state index contributed by atoms with van der Waals surface area (Å²) in [6, 6.07) is 1.91. The molecule has 1 aliphatic carbocycles. The molecule has 0 radical (unpaired) electrons. The molecule has 2 fully saturated rings. The number of carbonyl (C=O) groups excluding carboxylic acids is 1. The number of halogens is 1. The van der Waals surface area contributed by atoms with Gasteiger partial charge in [0.2, 0.25) is 5.88 Å². The highest BCUT2D eigenvalue weighted by Gasteiger charge is 2.20. The quantitative estimate of drug-likeness (QED) is 0.925. The number of hydrogen-bond donors (Lipinski definition) is 1. The summed E-state index contributed by atoms with van der Waals surface area (Å²) in [7, 11) is 0. The van der Waals surface area contributed by atoms with Crippen molar-refractivity contribution in [2.24, 2.45) is 0 Å². The van der Waals surface area contributed by atoms with Gasteiger partial charge in [-0.2, -0.15) is 0 Å². The van der Waals surface area contributed by atoms with Gasteiger partial charge in [-0.05, 0) is 18.9 Å². The van der Waals surface area contributed by atoms with Crippen molar-refractivity contribution in [3.05, 3.63) is 22.8 Å². The van der Waals surface area contributed by atoms with E-state index in [4.69, 9.17) is 21.1 Å². The van der Waals surface area contributed by atoms with E-state index in [0.29, 0.717) is 29.7 Å².